The normalized spacial score (nSPS) is 23.2. The van der Waals surface area contributed by atoms with E-state index in [4.69, 9.17) is 4.74 Å². The van der Waals surface area contributed by atoms with Gasteiger partial charge in [0.25, 0.3) is 0 Å². The summed E-state index contributed by atoms with van der Waals surface area (Å²) in [4.78, 5) is 11.5. The highest BCUT2D eigenvalue weighted by atomic mass is 16.6. The molecule has 128 valence electrons. The van der Waals surface area contributed by atoms with Crippen LogP contribution in [0.25, 0.3) is 0 Å². The van der Waals surface area contributed by atoms with Gasteiger partial charge in [-0.1, -0.05) is 77.2 Å². The third kappa shape index (κ3) is 7.44. The van der Waals surface area contributed by atoms with Gasteiger partial charge in [0.2, 0.25) is 0 Å². The minimum atomic E-state index is -0.736. The number of aliphatic hydroxyl groups is 1. The molecule has 1 saturated heterocycles. The zero-order valence-corrected chi connectivity index (χ0v) is 14.5. The van der Waals surface area contributed by atoms with Crippen molar-refractivity contribution in [1.29, 1.82) is 0 Å². The molecular formula is C19H34O3. The molecule has 1 fully saturated rings. The predicted molar refractivity (Wildman–Crippen MR) is 90.7 cm³/mol. The average molecular weight is 310 g/mol. The van der Waals surface area contributed by atoms with E-state index in [0.717, 1.165) is 12.8 Å². The van der Waals surface area contributed by atoms with Gasteiger partial charge < -0.3 is 9.84 Å². The number of allylic oxidation sites excluding steroid dienone is 1. The minimum absolute atomic E-state index is 0.344. The molecule has 1 heterocycles. The fraction of sp³-hybridized carbons (Fsp3) is 0.842. The highest BCUT2D eigenvalue weighted by Crippen LogP contribution is 2.22. The number of aliphatic hydroxyl groups excluding tert-OH is 1. The molecule has 1 aliphatic heterocycles. The summed E-state index contributed by atoms with van der Waals surface area (Å²) in [7, 11) is 0. The second-order valence-electron chi connectivity index (χ2n) is 6.54. The Hall–Kier alpha value is -0.830. The SMILES string of the molecule is CCCCCCCCCCCCC/C=C1/C(=O)O[C@@H](C)[C@@H]1O. The summed E-state index contributed by atoms with van der Waals surface area (Å²) in [5.74, 6) is -0.344. The van der Waals surface area contributed by atoms with Crippen LogP contribution in [-0.2, 0) is 9.53 Å². The van der Waals surface area contributed by atoms with Gasteiger partial charge in [-0.15, -0.1) is 0 Å². The number of esters is 1. The zero-order valence-electron chi connectivity index (χ0n) is 14.5. The summed E-state index contributed by atoms with van der Waals surface area (Å²) in [5, 5.41) is 9.79. The lowest BCUT2D eigenvalue weighted by molar-refractivity contribution is -0.138. The van der Waals surface area contributed by atoms with E-state index in [2.05, 4.69) is 6.92 Å². The van der Waals surface area contributed by atoms with Gasteiger partial charge in [0.05, 0.1) is 5.57 Å². The summed E-state index contributed by atoms with van der Waals surface area (Å²) in [6.07, 6.45) is 16.1. The van der Waals surface area contributed by atoms with Crippen LogP contribution in [0, 0.1) is 0 Å². The van der Waals surface area contributed by atoms with Gasteiger partial charge in [-0.05, 0) is 19.8 Å². The lowest BCUT2D eigenvalue weighted by Crippen LogP contribution is -2.17. The average Bonchev–Trinajstić information content (AvgIpc) is 2.74. The molecule has 22 heavy (non-hydrogen) atoms. The number of rotatable bonds is 12. The van der Waals surface area contributed by atoms with Crippen LogP contribution < -0.4 is 0 Å². The number of unbranched alkanes of at least 4 members (excludes halogenated alkanes) is 11. The largest absolute Gasteiger partial charge is 0.456 e. The van der Waals surface area contributed by atoms with Gasteiger partial charge in [0, 0.05) is 0 Å². The van der Waals surface area contributed by atoms with Crippen molar-refractivity contribution in [2.24, 2.45) is 0 Å². The molecule has 1 rings (SSSR count). The molecule has 2 atom stereocenters. The quantitative estimate of drug-likeness (QED) is 0.316. The van der Waals surface area contributed by atoms with Crippen molar-refractivity contribution in [2.75, 3.05) is 0 Å². The fourth-order valence-corrected chi connectivity index (χ4v) is 2.95. The summed E-state index contributed by atoms with van der Waals surface area (Å²) in [5.41, 5.74) is 0.458. The summed E-state index contributed by atoms with van der Waals surface area (Å²) >= 11 is 0. The number of ether oxygens (including phenoxy) is 1. The van der Waals surface area contributed by atoms with Gasteiger partial charge in [-0.3, -0.25) is 0 Å². The molecule has 0 aromatic heterocycles. The maximum Gasteiger partial charge on any atom is 0.336 e. The molecule has 0 aliphatic carbocycles. The Labute approximate surface area is 136 Å². The van der Waals surface area contributed by atoms with E-state index in [0.29, 0.717) is 5.57 Å². The van der Waals surface area contributed by atoms with Gasteiger partial charge in [-0.25, -0.2) is 4.79 Å². The number of carbonyl (C=O) groups is 1. The van der Waals surface area contributed by atoms with E-state index in [9.17, 15) is 9.90 Å². The monoisotopic (exact) mass is 310 g/mol. The third-order valence-corrected chi connectivity index (χ3v) is 4.46. The lowest BCUT2D eigenvalue weighted by Gasteiger charge is -2.04. The first-order valence-electron chi connectivity index (χ1n) is 9.26. The van der Waals surface area contributed by atoms with Crippen LogP contribution in [0.2, 0.25) is 0 Å². The predicted octanol–water partition coefficient (Wildman–Crippen LogP) is 4.92. The van der Waals surface area contributed by atoms with Crippen LogP contribution in [0.15, 0.2) is 11.6 Å². The van der Waals surface area contributed by atoms with E-state index >= 15 is 0 Å². The van der Waals surface area contributed by atoms with E-state index in [-0.39, 0.29) is 5.97 Å². The molecule has 3 nitrogen and oxygen atoms in total. The van der Waals surface area contributed by atoms with Gasteiger partial charge in [-0.2, -0.15) is 0 Å². The van der Waals surface area contributed by atoms with Crippen molar-refractivity contribution in [3.63, 3.8) is 0 Å². The summed E-state index contributed by atoms with van der Waals surface area (Å²) in [6, 6.07) is 0. The van der Waals surface area contributed by atoms with Gasteiger partial charge >= 0.3 is 5.97 Å². The second kappa shape index (κ2) is 11.7. The summed E-state index contributed by atoms with van der Waals surface area (Å²) in [6.45, 7) is 3.98. The Balaban J connectivity index is 1.93. The smallest absolute Gasteiger partial charge is 0.336 e. The van der Waals surface area contributed by atoms with E-state index in [1.807, 2.05) is 6.08 Å². The molecule has 0 unspecified atom stereocenters. The van der Waals surface area contributed by atoms with E-state index in [1.165, 1.54) is 64.2 Å². The molecule has 0 amide bonds. The van der Waals surface area contributed by atoms with Crippen molar-refractivity contribution >= 4 is 5.97 Å². The molecule has 0 bridgehead atoms. The van der Waals surface area contributed by atoms with Crippen LogP contribution in [0.1, 0.15) is 90.9 Å². The van der Waals surface area contributed by atoms with E-state index in [1.54, 1.807) is 6.92 Å². The molecule has 0 saturated carbocycles. The maximum atomic E-state index is 11.5. The topological polar surface area (TPSA) is 46.5 Å². The van der Waals surface area contributed by atoms with Crippen LogP contribution in [0.5, 0.6) is 0 Å². The van der Waals surface area contributed by atoms with Crippen molar-refractivity contribution in [1.82, 2.24) is 0 Å². The Morgan fingerprint density at radius 2 is 1.45 bits per heavy atom. The standard InChI is InChI=1S/C19H34O3/c1-3-4-5-6-7-8-9-10-11-12-13-14-15-17-18(20)16(2)22-19(17)21/h15-16,18,20H,3-14H2,1-2H3/b17-15+/t16-,18-/m0/s1. The maximum absolute atomic E-state index is 11.5. The highest BCUT2D eigenvalue weighted by molar-refractivity contribution is 5.92. The Bertz CT molecular complexity index is 336. The Morgan fingerprint density at radius 1 is 0.955 bits per heavy atom. The fourth-order valence-electron chi connectivity index (χ4n) is 2.95. The molecule has 1 N–H and O–H groups in total. The van der Waals surface area contributed by atoms with Crippen molar-refractivity contribution in [3.8, 4) is 0 Å². The molecule has 0 spiro atoms. The number of cyclic esters (lactones) is 1. The van der Waals surface area contributed by atoms with Crippen LogP contribution in [-0.4, -0.2) is 23.3 Å². The first-order valence-corrected chi connectivity index (χ1v) is 9.26. The first-order chi connectivity index (χ1) is 10.7. The Kier molecular flexibility index (Phi) is 10.2. The molecule has 0 aromatic carbocycles. The van der Waals surface area contributed by atoms with Gasteiger partial charge in [0.15, 0.2) is 0 Å². The zero-order chi connectivity index (χ0) is 16.2. The van der Waals surface area contributed by atoms with Crippen molar-refractivity contribution in [3.05, 3.63) is 11.6 Å². The van der Waals surface area contributed by atoms with Crippen LogP contribution in [0.3, 0.4) is 0 Å². The molecule has 0 radical (unpaired) electrons. The number of hydrogen-bond donors (Lipinski definition) is 1. The molecule has 3 heteroatoms. The van der Waals surface area contributed by atoms with Crippen molar-refractivity contribution < 1.29 is 14.6 Å². The first kappa shape index (κ1) is 19.2. The second-order valence-corrected chi connectivity index (χ2v) is 6.54. The summed E-state index contributed by atoms with van der Waals surface area (Å²) < 4.78 is 4.99. The number of hydrogen-bond acceptors (Lipinski definition) is 3. The molecule has 1 aliphatic rings. The molecular weight excluding hydrogens is 276 g/mol. The molecule has 0 aromatic rings. The van der Waals surface area contributed by atoms with Crippen LogP contribution in [0.4, 0.5) is 0 Å². The third-order valence-electron chi connectivity index (χ3n) is 4.46. The minimum Gasteiger partial charge on any atom is -0.456 e. The van der Waals surface area contributed by atoms with Gasteiger partial charge in [0.1, 0.15) is 12.2 Å². The van der Waals surface area contributed by atoms with Crippen LogP contribution >= 0.6 is 0 Å². The lowest BCUT2D eigenvalue weighted by atomic mass is 10.0. The Morgan fingerprint density at radius 3 is 1.91 bits per heavy atom. The highest BCUT2D eigenvalue weighted by Gasteiger charge is 2.34. The van der Waals surface area contributed by atoms with E-state index < -0.39 is 12.2 Å². The number of carbonyl (C=O) groups excluding carboxylic acids is 1. The van der Waals surface area contributed by atoms with Crippen molar-refractivity contribution in [2.45, 2.75) is 103 Å².